The van der Waals surface area contributed by atoms with E-state index in [9.17, 15) is 0 Å². The zero-order chi connectivity index (χ0) is 10.8. The molecule has 1 saturated heterocycles. The average molecular weight is 201 g/mol. The molecule has 0 saturated carbocycles. The van der Waals surface area contributed by atoms with Gasteiger partial charge in [-0.1, -0.05) is 27.7 Å². The molecule has 1 atom stereocenters. The highest BCUT2D eigenvalue weighted by molar-refractivity contribution is 4.79. The number of hydrogen-bond donors (Lipinski definition) is 1. The Morgan fingerprint density at radius 1 is 1.29 bits per heavy atom. The van der Waals surface area contributed by atoms with E-state index in [0.29, 0.717) is 0 Å². The highest BCUT2D eigenvalue weighted by Crippen LogP contribution is 2.28. The molecule has 1 fully saturated rings. The molecule has 1 heterocycles. The second-order valence-electron chi connectivity index (χ2n) is 5.54. The van der Waals surface area contributed by atoms with Gasteiger partial charge in [-0.25, -0.2) is 4.89 Å². The lowest BCUT2D eigenvalue weighted by atomic mass is 9.90. The lowest BCUT2D eigenvalue weighted by Crippen LogP contribution is -2.48. The van der Waals surface area contributed by atoms with Crippen LogP contribution in [-0.2, 0) is 4.89 Å². The molecule has 1 aliphatic rings. The minimum absolute atomic E-state index is 0.0324. The first-order chi connectivity index (χ1) is 6.45. The van der Waals surface area contributed by atoms with Gasteiger partial charge in [-0.3, -0.25) is 10.2 Å². The predicted molar refractivity (Wildman–Crippen MR) is 56.9 cm³/mol. The molecule has 0 aromatic rings. The largest absolute Gasteiger partial charge is 0.275 e. The van der Waals surface area contributed by atoms with Crippen LogP contribution in [0, 0.1) is 11.3 Å². The minimum Gasteiger partial charge on any atom is -0.275 e. The second kappa shape index (κ2) is 4.60. The van der Waals surface area contributed by atoms with Gasteiger partial charge in [0.15, 0.2) is 6.23 Å². The van der Waals surface area contributed by atoms with Gasteiger partial charge in [0.25, 0.3) is 0 Å². The molecule has 0 aromatic heterocycles. The third-order valence-corrected chi connectivity index (χ3v) is 2.99. The van der Waals surface area contributed by atoms with Crippen LogP contribution in [0.25, 0.3) is 0 Å². The van der Waals surface area contributed by atoms with Gasteiger partial charge in [0.1, 0.15) is 0 Å². The van der Waals surface area contributed by atoms with Crippen LogP contribution in [0.1, 0.15) is 40.5 Å². The van der Waals surface area contributed by atoms with Crippen LogP contribution in [0.2, 0.25) is 0 Å². The van der Waals surface area contributed by atoms with E-state index in [1.54, 1.807) is 0 Å². The summed E-state index contributed by atoms with van der Waals surface area (Å²) in [5, 5.41) is 8.94. The number of hydrogen-bond acceptors (Lipinski definition) is 3. The lowest BCUT2D eigenvalue weighted by molar-refractivity contribution is -0.338. The summed E-state index contributed by atoms with van der Waals surface area (Å²) in [7, 11) is 0. The monoisotopic (exact) mass is 201 g/mol. The van der Waals surface area contributed by atoms with Gasteiger partial charge in [-0.15, -0.1) is 0 Å². The molecule has 1 unspecified atom stereocenters. The van der Waals surface area contributed by atoms with Crippen molar-refractivity contribution in [3.05, 3.63) is 0 Å². The summed E-state index contributed by atoms with van der Waals surface area (Å²) in [6, 6.07) is 0. The molecule has 0 bridgehead atoms. The Kier molecular flexibility index (Phi) is 3.93. The van der Waals surface area contributed by atoms with Crippen molar-refractivity contribution in [2.24, 2.45) is 11.3 Å². The normalized spacial score (nSPS) is 23.8. The van der Waals surface area contributed by atoms with Crippen molar-refractivity contribution < 1.29 is 10.1 Å². The van der Waals surface area contributed by atoms with E-state index < -0.39 is 0 Å². The van der Waals surface area contributed by atoms with Crippen molar-refractivity contribution in [1.29, 1.82) is 0 Å². The molecule has 84 valence electrons. The summed E-state index contributed by atoms with van der Waals surface area (Å²) in [6.45, 7) is 10.6. The molecular weight excluding hydrogens is 178 g/mol. The Morgan fingerprint density at radius 3 is 2.14 bits per heavy atom. The third kappa shape index (κ3) is 2.94. The number of piperidine rings is 1. The second-order valence-corrected chi connectivity index (χ2v) is 5.54. The number of likely N-dealkylation sites (tertiary alicyclic amines) is 1. The Bertz CT molecular complexity index is 169. The van der Waals surface area contributed by atoms with E-state index in [4.69, 9.17) is 5.26 Å². The Morgan fingerprint density at radius 2 is 1.79 bits per heavy atom. The van der Waals surface area contributed by atoms with E-state index in [-0.39, 0.29) is 11.6 Å². The van der Waals surface area contributed by atoms with E-state index in [0.717, 1.165) is 19.0 Å². The quantitative estimate of drug-likeness (QED) is 0.550. The average Bonchev–Trinajstić information content (AvgIpc) is 2.07. The van der Waals surface area contributed by atoms with Crippen LogP contribution in [0.4, 0.5) is 0 Å². The maximum atomic E-state index is 8.94. The molecule has 0 aromatic carbocycles. The topological polar surface area (TPSA) is 32.7 Å². The molecule has 0 amide bonds. The molecule has 1 rings (SSSR count). The van der Waals surface area contributed by atoms with E-state index in [1.807, 2.05) is 0 Å². The highest BCUT2D eigenvalue weighted by atomic mass is 17.1. The van der Waals surface area contributed by atoms with Gasteiger partial charge in [0, 0.05) is 18.5 Å². The molecule has 3 nitrogen and oxygen atoms in total. The summed E-state index contributed by atoms with van der Waals surface area (Å²) in [5.74, 6) is 0.811. The Labute approximate surface area is 87.0 Å². The van der Waals surface area contributed by atoms with Crippen molar-refractivity contribution in [2.75, 3.05) is 13.1 Å². The Balaban J connectivity index is 2.54. The van der Waals surface area contributed by atoms with Crippen molar-refractivity contribution in [3.8, 4) is 0 Å². The first kappa shape index (κ1) is 12.0. The molecule has 1 N–H and O–H groups in total. The Hall–Kier alpha value is -0.120. The fourth-order valence-electron chi connectivity index (χ4n) is 2.04. The van der Waals surface area contributed by atoms with Gasteiger partial charge < -0.3 is 0 Å². The van der Waals surface area contributed by atoms with Gasteiger partial charge in [-0.05, 0) is 18.8 Å². The SMILES string of the molecule is CC1CCN(C(OO)C(C)(C)C)CC1. The first-order valence-corrected chi connectivity index (χ1v) is 5.49. The highest BCUT2D eigenvalue weighted by Gasteiger charge is 2.33. The third-order valence-electron chi connectivity index (χ3n) is 2.99. The summed E-state index contributed by atoms with van der Waals surface area (Å²) in [5.41, 5.74) is -0.0324. The minimum atomic E-state index is -0.171. The molecule has 0 aliphatic carbocycles. The van der Waals surface area contributed by atoms with Crippen molar-refractivity contribution >= 4 is 0 Å². The maximum Gasteiger partial charge on any atom is 0.150 e. The summed E-state index contributed by atoms with van der Waals surface area (Å²) < 4.78 is 0. The maximum absolute atomic E-state index is 8.94. The number of rotatable bonds is 2. The molecule has 0 spiro atoms. The fraction of sp³-hybridized carbons (Fsp3) is 1.00. The molecule has 1 aliphatic heterocycles. The zero-order valence-corrected chi connectivity index (χ0v) is 9.79. The summed E-state index contributed by atoms with van der Waals surface area (Å²) in [6.07, 6.45) is 2.24. The van der Waals surface area contributed by atoms with Crippen LogP contribution in [0.3, 0.4) is 0 Å². The van der Waals surface area contributed by atoms with Gasteiger partial charge in [0.2, 0.25) is 0 Å². The van der Waals surface area contributed by atoms with E-state index >= 15 is 0 Å². The van der Waals surface area contributed by atoms with Crippen LogP contribution in [0.5, 0.6) is 0 Å². The molecule has 14 heavy (non-hydrogen) atoms. The summed E-state index contributed by atoms with van der Waals surface area (Å²) in [4.78, 5) is 6.85. The van der Waals surface area contributed by atoms with Crippen molar-refractivity contribution in [3.63, 3.8) is 0 Å². The van der Waals surface area contributed by atoms with Gasteiger partial charge >= 0.3 is 0 Å². The van der Waals surface area contributed by atoms with E-state index in [2.05, 4.69) is 37.5 Å². The van der Waals surface area contributed by atoms with Crippen LogP contribution in [-0.4, -0.2) is 29.5 Å². The van der Waals surface area contributed by atoms with Gasteiger partial charge in [-0.2, -0.15) is 0 Å². The van der Waals surface area contributed by atoms with Crippen molar-refractivity contribution in [2.45, 2.75) is 46.8 Å². The fourth-order valence-corrected chi connectivity index (χ4v) is 2.04. The zero-order valence-electron chi connectivity index (χ0n) is 9.79. The standard InChI is InChI=1S/C11H23NO2/c1-9-5-7-12(8-6-9)10(14-13)11(2,3)4/h9-10,13H,5-8H2,1-4H3. The van der Waals surface area contributed by atoms with Crippen LogP contribution >= 0.6 is 0 Å². The summed E-state index contributed by atoms with van der Waals surface area (Å²) >= 11 is 0. The molecular formula is C11H23NO2. The predicted octanol–water partition coefficient (Wildman–Crippen LogP) is 2.58. The van der Waals surface area contributed by atoms with Crippen LogP contribution < -0.4 is 0 Å². The van der Waals surface area contributed by atoms with E-state index in [1.165, 1.54) is 12.8 Å². The van der Waals surface area contributed by atoms with Crippen LogP contribution in [0.15, 0.2) is 0 Å². The molecule has 3 heteroatoms. The van der Waals surface area contributed by atoms with Gasteiger partial charge in [0.05, 0.1) is 0 Å². The smallest absolute Gasteiger partial charge is 0.150 e. The first-order valence-electron chi connectivity index (χ1n) is 5.49. The molecule has 0 radical (unpaired) electrons. The lowest BCUT2D eigenvalue weighted by Gasteiger charge is -2.40. The number of nitrogens with zero attached hydrogens (tertiary/aromatic N) is 1. The van der Waals surface area contributed by atoms with Crippen molar-refractivity contribution in [1.82, 2.24) is 4.90 Å².